The Kier molecular flexibility index (Phi) is 13.6. The highest BCUT2D eigenvalue weighted by molar-refractivity contribution is 6.12. The maximum absolute atomic E-state index is 5.82. The van der Waals surface area contributed by atoms with Crippen molar-refractivity contribution in [1.29, 1.82) is 0 Å². The maximum Gasteiger partial charge on any atom is 0.113 e. The Balaban J connectivity index is 0.000000296. The third kappa shape index (κ3) is 7.75. The summed E-state index contributed by atoms with van der Waals surface area (Å²) in [7, 11) is 21.2. The van der Waals surface area contributed by atoms with Gasteiger partial charge < -0.3 is 42.6 Å². The number of methoxy groups -OCH3 is 6. The summed E-state index contributed by atoms with van der Waals surface area (Å²) < 4.78 is 47.2. The van der Waals surface area contributed by atoms with Gasteiger partial charge in [-0.25, -0.2) is 0 Å². The van der Waals surface area contributed by atoms with E-state index in [1.54, 1.807) is 42.7 Å². The van der Waals surface area contributed by atoms with Gasteiger partial charge in [-0.15, -0.1) is 0 Å². The van der Waals surface area contributed by atoms with Gasteiger partial charge in [0, 0.05) is 54.7 Å². The van der Waals surface area contributed by atoms with E-state index in [-0.39, 0.29) is 36.6 Å². The predicted octanol–water partition coefficient (Wildman–Crippen LogP) is -0.871. The van der Waals surface area contributed by atoms with E-state index in [4.69, 9.17) is 58.3 Å². The van der Waals surface area contributed by atoms with Crippen LogP contribution in [0.4, 0.5) is 0 Å². The lowest BCUT2D eigenvalue weighted by molar-refractivity contribution is -0.0629. The highest BCUT2D eigenvalue weighted by atomic mass is 16.6. The van der Waals surface area contributed by atoms with Crippen molar-refractivity contribution in [2.45, 2.75) is 48.6 Å². The second-order valence-electron chi connectivity index (χ2n) is 6.62. The van der Waals surface area contributed by atoms with E-state index in [9.17, 15) is 0 Å². The first-order valence-corrected chi connectivity index (χ1v) is 9.47. The molecule has 11 heteroatoms. The van der Waals surface area contributed by atoms with Crippen LogP contribution in [0.15, 0.2) is 0 Å². The van der Waals surface area contributed by atoms with Crippen molar-refractivity contribution >= 4 is 15.7 Å². The minimum absolute atomic E-state index is 0.144. The Labute approximate surface area is 176 Å². The molecule has 0 aromatic carbocycles. The summed E-state index contributed by atoms with van der Waals surface area (Å²) in [5.41, 5.74) is 0. The van der Waals surface area contributed by atoms with E-state index in [1.807, 2.05) is 0 Å². The molecule has 2 heterocycles. The summed E-state index contributed by atoms with van der Waals surface area (Å²) in [6.07, 6.45) is -1.18. The van der Waals surface area contributed by atoms with Crippen LogP contribution in [0.1, 0.15) is 0 Å². The van der Waals surface area contributed by atoms with Crippen molar-refractivity contribution in [1.82, 2.24) is 0 Å². The molecule has 2 rings (SSSR count). The van der Waals surface area contributed by atoms with Crippen LogP contribution in [0.3, 0.4) is 0 Å². The predicted molar refractivity (Wildman–Crippen MR) is 107 cm³/mol. The van der Waals surface area contributed by atoms with E-state index >= 15 is 0 Å². The van der Waals surface area contributed by atoms with Crippen molar-refractivity contribution < 1.29 is 42.6 Å². The van der Waals surface area contributed by atoms with Crippen molar-refractivity contribution in [2.24, 2.45) is 0 Å². The van der Waals surface area contributed by atoms with Gasteiger partial charge in [0.15, 0.2) is 0 Å². The maximum atomic E-state index is 5.82. The summed E-state index contributed by atoms with van der Waals surface area (Å²) in [6, 6.07) is -0.919. The smallest absolute Gasteiger partial charge is 0.113 e. The zero-order valence-electron chi connectivity index (χ0n) is 18.3. The Bertz CT molecular complexity index is 421. The van der Waals surface area contributed by atoms with Crippen LogP contribution in [0.25, 0.3) is 0 Å². The molecule has 166 valence electrons. The SMILES string of the molecule is [B][C@@H]1OC(COC)[C@@H](OC)[C@H]1OC.[B][C@@H]1OC(COC)[C@@H](OC)[C@H]1OCCOC. The first-order valence-electron chi connectivity index (χ1n) is 9.47. The molecule has 0 saturated carbocycles. The molecule has 0 aliphatic carbocycles. The summed E-state index contributed by atoms with van der Waals surface area (Å²) in [4.78, 5) is 0. The van der Waals surface area contributed by atoms with Crippen LogP contribution in [-0.4, -0.2) is 133 Å². The zero-order valence-corrected chi connectivity index (χ0v) is 18.3. The Morgan fingerprint density at radius 2 is 1.03 bits per heavy atom. The van der Waals surface area contributed by atoms with E-state index in [2.05, 4.69) is 0 Å². The topological polar surface area (TPSA) is 83.1 Å². The second kappa shape index (κ2) is 14.7. The average molecular weight is 416 g/mol. The summed E-state index contributed by atoms with van der Waals surface area (Å²) in [5.74, 6) is 0. The summed E-state index contributed by atoms with van der Waals surface area (Å²) in [5, 5.41) is 0. The first kappa shape index (κ1) is 26.8. The lowest BCUT2D eigenvalue weighted by atomic mass is 9.93. The summed E-state index contributed by atoms with van der Waals surface area (Å²) >= 11 is 0. The fourth-order valence-electron chi connectivity index (χ4n) is 3.40. The van der Waals surface area contributed by atoms with Crippen LogP contribution < -0.4 is 0 Å². The molecule has 8 atom stereocenters. The number of hydrogen-bond acceptors (Lipinski definition) is 9. The summed E-state index contributed by atoms with van der Waals surface area (Å²) in [6.45, 7) is 1.90. The first-order chi connectivity index (χ1) is 14.0. The van der Waals surface area contributed by atoms with Crippen molar-refractivity contribution in [2.75, 3.05) is 69.1 Å². The van der Waals surface area contributed by atoms with Gasteiger partial charge in [0.05, 0.1) is 26.4 Å². The van der Waals surface area contributed by atoms with Crippen molar-refractivity contribution in [3.8, 4) is 0 Å². The molecular formula is C18H34B2O9. The standard InChI is InChI=1S/C10H19BO5.C8H15BO4/c1-12-4-5-15-9-8(14-3)7(6-13-2)16-10(9)11;1-10-4-5-6(11-2)7(12-3)8(9)13-5/h7-10H,4-6H2,1-3H3;5-8H,4H2,1-3H3/t7?,8-,9-,10-;5?,6-,7-,8-/m11/s1. The molecule has 0 aromatic rings. The van der Waals surface area contributed by atoms with Gasteiger partial charge in [-0.2, -0.15) is 0 Å². The zero-order chi connectivity index (χ0) is 21.8. The normalized spacial score (nSPS) is 36.8. The molecule has 9 nitrogen and oxygen atoms in total. The Hall–Kier alpha value is -0.230. The van der Waals surface area contributed by atoms with Gasteiger partial charge in [0.1, 0.15) is 52.3 Å². The molecule has 2 aliphatic rings. The Morgan fingerprint density at radius 1 is 0.586 bits per heavy atom. The third-order valence-corrected chi connectivity index (χ3v) is 4.77. The lowest BCUT2D eigenvalue weighted by Gasteiger charge is -2.22. The lowest BCUT2D eigenvalue weighted by Crippen LogP contribution is -2.39. The second-order valence-corrected chi connectivity index (χ2v) is 6.62. The molecule has 4 radical (unpaired) electrons. The largest absolute Gasteiger partial charge is 0.382 e. The molecular weight excluding hydrogens is 382 g/mol. The van der Waals surface area contributed by atoms with Crippen LogP contribution in [0, 0.1) is 0 Å². The molecule has 2 saturated heterocycles. The third-order valence-electron chi connectivity index (χ3n) is 4.77. The minimum atomic E-state index is -0.484. The molecule has 29 heavy (non-hydrogen) atoms. The van der Waals surface area contributed by atoms with Gasteiger partial charge in [-0.05, 0) is 0 Å². The van der Waals surface area contributed by atoms with Gasteiger partial charge in [0.25, 0.3) is 0 Å². The van der Waals surface area contributed by atoms with Crippen molar-refractivity contribution in [3.05, 3.63) is 0 Å². The number of ether oxygens (including phenoxy) is 9. The number of rotatable bonds is 11. The highest BCUT2D eigenvalue weighted by Gasteiger charge is 2.43. The van der Waals surface area contributed by atoms with E-state index in [1.165, 1.54) is 0 Å². The molecule has 2 aliphatic heterocycles. The van der Waals surface area contributed by atoms with Gasteiger partial charge in [-0.3, -0.25) is 0 Å². The van der Waals surface area contributed by atoms with E-state index < -0.39 is 12.0 Å². The monoisotopic (exact) mass is 416 g/mol. The fourth-order valence-corrected chi connectivity index (χ4v) is 3.40. The molecule has 2 unspecified atom stereocenters. The van der Waals surface area contributed by atoms with Crippen LogP contribution >= 0.6 is 0 Å². The van der Waals surface area contributed by atoms with Crippen LogP contribution in [-0.2, 0) is 42.6 Å². The number of hydrogen-bond donors (Lipinski definition) is 0. The van der Waals surface area contributed by atoms with Gasteiger partial charge in [0.2, 0.25) is 0 Å². The Morgan fingerprint density at radius 3 is 1.45 bits per heavy atom. The highest BCUT2D eigenvalue weighted by Crippen LogP contribution is 2.25. The van der Waals surface area contributed by atoms with Gasteiger partial charge in [-0.1, -0.05) is 0 Å². The van der Waals surface area contributed by atoms with E-state index in [0.717, 1.165) is 0 Å². The van der Waals surface area contributed by atoms with Crippen molar-refractivity contribution in [3.63, 3.8) is 0 Å². The molecule has 0 amide bonds. The minimum Gasteiger partial charge on any atom is -0.382 e. The fraction of sp³-hybridized carbons (Fsp3) is 1.00. The van der Waals surface area contributed by atoms with Crippen LogP contribution in [0.5, 0.6) is 0 Å². The molecule has 0 N–H and O–H groups in total. The van der Waals surface area contributed by atoms with Gasteiger partial charge >= 0.3 is 0 Å². The molecule has 0 spiro atoms. The molecule has 2 fully saturated rings. The van der Waals surface area contributed by atoms with Crippen LogP contribution in [0.2, 0.25) is 0 Å². The molecule has 0 aromatic heterocycles. The van der Waals surface area contributed by atoms with E-state index in [0.29, 0.717) is 26.4 Å². The average Bonchev–Trinajstić information content (AvgIpc) is 3.18. The quantitative estimate of drug-likeness (QED) is 0.315. The molecule has 0 bridgehead atoms.